The third-order valence-electron chi connectivity index (χ3n) is 3.73. The Labute approximate surface area is 137 Å². The van der Waals surface area contributed by atoms with Gasteiger partial charge in [0.25, 0.3) is 5.91 Å². The maximum atomic E-state index is 12.4. The van der Waals surface area contributed by atoms with Crippen LogP contribution in [0.2, 0.25) is 0 Å². The minimum absolute atomic E-state index is 0.106. The standard InChI is InChI=1S/C15H17N5O4/c1-23-9-3-4-10(13(5-9)24-2)15(22)17-6-11-12-7-16-14(21)8-20(12)19-18-11/h3-5H,6-8H2,1-2H3,(H,16,21)(H,17,22). The van der Waals surface area contributed by atoms with E-state index in [0.29, 0.717) is 29.3 Å². The predicted octanol–water partition coefficient (Wildman–Crippen LogP) is -0.145. The van der Waals surface area contributed by atoms with Gasteiger partial charge in [0.2, 0.25) is 5.91 Å². The summed E-state index contributed by atoms with van der Waals surface area (Å²) in [5.41, 5.74) is 1.81. The molecule has 2 amide bonds. The van der Waals surface area contributed by atoms with E-state index in [-0.39, 0.29) is 24.9 Å². The minimum Gasteiger partial charge on any atom is -0.497 e. The zero-order chi connectivity index (χ0) is 17.1. The summed E-state index contributed by atoms with van der Waals surface area (Å²) in [7, 11) is 3.03. The summed E-state index contributed by atoms with van der Waals surface area (Å²) in [6, 6.07) is 4.96. The molecule has 3 rings (SSSR count). The second kappa shape index (κ2) is 6.57. The van der Waals surface area contributed by atoms with Crippen molar-refractivity contribution in [1.29, 1.82) is 0 Å². The predicted molar refractivity (Wildman–Crippen MR) is 82.6 cm³/mol. The maximum Gasteiger partial charge on any atom is 0.255 e. The van der Waals surface area contributed by atoms with E-state index in [9.17, 15) is 9.59 Å². The lowest BCUT2D eigenvalue weighted by Crippen LogP contribution is -2.35. The molecule has 0 aliphatic carbocycles. The molecule has 1 aromatic heterocycles. The number of nitrogens with zero attached hydrogens (tertiary/aromatic N) is 3. The van der Waals surface area contributed by atoms with Gasteiger partial charge in [-0.05, 0) is 12.1 Å². The van der Waals surface area contributed by atoms with Crippen molar-refractivity contribution in [3.63, 3.8) is 0 Å². The molecule has 9 nitrogen and oxygen atoms in total. The van der Waals surface area contributed by atoms with Crippen molar-refractivity contribution in [3.05, 3.63) is 35.2 Å². The van der Waals surface area contributed by atoms with Crippen molar-refractivity contribution in [2.24, 2.45) is 0 Å². The van der Waals surface area contributed by atoms with Gasteiger partial charge in [0, 0.05) is 6.07 Å². The molecule has 0 saturated carbocycles. The zero-order valence-corrected chi connectivity index (χ0v) is 13.3. The van der Waals surface area contributed by atoms with Crippen LogP contribution in [-0.4, -0.2) is 41.0 Å². The summed E-state index contributed by atoms with van der Waals surface area (Å²) < 4.78 is 11.9. The first-order valence-corrected chi connectivity index (χ1v) is 7.30. The fraction of sp³-hybridized carbons (Fsp3) is 0.333. The van der Waals surface area contributed by atoms with E-state index in [0.717, 1.165) is 5.69 Å². The normalized spacial score (nSPS) is 13.0. The lowest BCUT2D eigenvalue weighted by Gasteiger charge is -2.15. The Morgan fingerprint density at radius 2 is 2.21 bits per heavy atom. The molecule has 0 atom stereocenters. The van der Waals surface area contributed by atoms with Crippen molar-refractivity contribution in [1.82, 2.24) is 25.6 Å². The number of hydrogen-bond donors (Lipinski definition) is 2. The van der Waals surface area contributed by atoms with Crippen LogP contribution >= 0.6 is 0 Å². The maximum absolute atomic E-state index is 12.4. The van der Waals surface area contributed by atoms with Gasteiger partial charge in [0.05, 0.1) is 38.6 Å². The number of benzene rings is 1. The monoisotopic (exact) mass is 331 g/mol. The number of hydrogen-bond acceptors (Lipinski definition) is 6. The Morgan fingerprint density at radius 1 is 1.38 bits per heavy atom. The van der Waals surface area contributed by atoms with Crippen LogP contribution in [0.4, 0.5) is 0 Å². The largest absolute Gasteiger partial charge is 0.497 e. The fourth-order valence-electron chi connectivity index (χ4n) is 2.45. The second-order valence-corrected chi connectivity index (χ2v) is 5.17. The number of aromatic nitrogens is 3. The summed E-state index contributed by atoms with van der Waals surface area (Å²) in [5.74, 6) is 0.623. The van der Waals surface area contributed by atoms with Gasteiger partial charge >= 0.3 is 0 Å². The van der Waals surface area contributed by atoms with Crippen LogP contribution in [0.15, 0.2) is 18.2 Å². The molecule has 2 aromatic rings. The highest BCUT2D eigenvalue weighted by Crippen LogP contribution is 2.24. The Morgan fingerprint density at radius 3 is 2.96 bits per heavy atom. The van der Waals surface area contributed by atoms with Crippen LogP contribution < -0.4 is 20.1 Å². The van der Waals surface area contributed by atoms with Crippen LogP contribution in [-0.2, 0) is 24.4 Å². The van der Waals surface area contributed by atoms with E-state index < -0.39 is 0 Å². The topological polar surface area (TPSA) is 107 Å². The summed E-state index contributed by atoms with van der Waals surface area (Å²) in [4.78, 5) is 23.7. The zero-order valence-electron chi connectivity index (χ0n) is 13.3. The second-order valence-electron chi connectivity index (χ2n) is 5.17. The first-order valence-electron chi connectivity index (χ1n) is 7.30. The van der Waals surface area contributed by atoms with E-state index in [1.807, 2.05) is 0 Å². The number of rotatable bonds is 5. The van der Waals surface area contributed by atoms with Crippen LogP contribution in [0, 0.1) is 0 Å². The molecule has 126 valence electrons. The lowest BCUT2D eigenvalue weighted by molar-refractivity contribution is -0.122. The van der Waals surface area contributed by atoms with Gasteiger partial charge in [0.15, 0.2) is 0 Å². The van der Waals surface area contributed by atoms with Crippen molar-refractivity contribution in [3.8, 4) is 11.5 Å². The van der Waals surface area contributed by atoms with Gasteiger partial charge in [0.1, 0.15) is 23.7 Å². The number of fused-ring (bicyclic) bond motifs is 1. The third kappa shape index (κ3) is 3.00. The minimum atomic E-state index is -0.295. The summed E-state index contributed by atoms with van der Waals surface area (Å²) >= 11 is 0. The summed E-state index contributed by atoms with van der Waals surface area (Å²) in [5, 5.41) is 13.5. The molecule has 24 heavy (non-hydrogen) atoms. The van der Waals surface area contributed by atoms with E-state index in [2.05, 4.69) is 20.9 Å². The van der Waals surface area contributed by atoms with Crippen LogP contribution in [0.25, 0.3) is 0 Å². The van der Waals surface area contributed by atoms with Crippen LogP contribution in [0.5, 0.6) is 11.5 Å². The average Bonchev–Trinajstić information content (AvgIpc) is 3.01. The molecular weight excluding hydrogens is 314 g/mol. The molecule has 9 heteroatoms. The van der Waals surface area contributed by atoms with E-state index in [1.54, 1.807) is 25.3 Å². The van der Waals surface area contributed by atoms with Gasteiger partial charge in [-0.25, -0.2) is 4.68 Å². The molecule has 0 radical (unpaired) electrons. The first kappa shape index (κ1) is 15.8. The number of amides is 2. The molecule has 0 unspecified atom stereocenters. The molecule has 1 aliphatic rings. The molecule has 1 aromatic carbocycles. The van der Waals surface area contributed by atoms with Crippen LogP contribution in [0.3, 0.4) is 0 Å². The van der Waals surface area contributed by atoms with Crippen molar-refractivity contribution in [2.75, 3.05) is 14.2 Å². The molecule has 0 saturated heterocycles. The quantitative estimate of drug-likeness (QED) is 0.789. The van der Waals surface area contributed by atoms with E-state index >= 15 is 0 Å². The van der Waals surface area contributed by atoms with Gasteiger partial charge in [-0.2, -0.15) is 0 Å². The molecule has 0 spiro atoms. The number of methoxy groups -OCH3 is 2. The Kier molecular flexibility index (Phi) is 4.32. The number of carbonyl (C=O) groups is 2. The first-order chi connectivity index (χ1) is 11.6. The van der Waals surface area contributed by atoms with Gasteiger partial charge in [-0.3, -0.25) is 9.59 Å². The Hall–Kier alpha value is -3.10. The number of nitrogens with one attached hydrogen (secondary N) is 2. The van der Waals surface area contributed by atoms with Crippen molar-refractivity contribution in [2.45, 2.75) is 19.6 Å². The smallest absolute Gasteiger partial charge is 0.255 e. The van der Waals surface area contributed by atoms with Gasteiger partial charge in [-0.1, -0.05) is 5.21 Å². The van der Waals surface area contributed by atoms with E-state index in [4.69, 9.17) is 9.47 Å². The summed E-state index contributed by atoms with van der Waals surface area (Å²) in [6.07, 6.45) is 0. The molecule has 0 bridgehead atoms. The Bertz CT molecular complexity index is 786. The fourth-order valence-corrected chi connectivity index (χ4v) is 2.45. The van der Waals surface area contributed by atoms with Gasteiger partial charge < -0.3 is 20.1 Å². The highest BCUT2D eigenvalue weighted by Gasteiger charge is 2.21. The third-order valence-corrected chi connectivity index (χ3v) is 3.73. The number of ether oxygens (including phenoxy) is 2. The highest BCUT2D eigenvalue weighted by molar-refractivity contribution is 5.97. The number of carbonyl (C=O) groups excluding carboxylic acids is 2. The molecule has 0 fully saturated rings. The Balaban J connectivity index is 1.71. The lowest BCUT2D eigenvalue weighted by atomic mass is 10.1. The molecule has 2 heterocycles. The van der Waals surface area contributed by atoms with E-state index in [1.165, 1.54) is 11.8 Å². The van der Waals surface area contributed by atoms with Crippen molar-refractivity contribution < 1.29 is 19.1 Å². The van der Waals surface area contributed by atoms with Crippen LogP contribution in [0.1, 0.15) is 21.7 Å². The van der Waals surface area contributed by atoms with Crippen molar-refractivity contribution >= 4 is 11.8 Å². The molecule has 2 N–H and O–H groups in total. The highest BCUT2D eigenvalue weighted by atomic mass is 16.5. The van der Waals surface area contributed by atoms with Gasteiger partial charge in [-0.15, -0.1) is 5.10 Å². The molecular formula is C15H17N5O4. The molecule has 1 aliphatic heterocycles. The summed E-state index contributed by atoms with van der Waals surface area (Å²) in [6.45, 7) is 0.699. The average molecular weight is 331 g/mol. The SMILES string of the molecule is COc1ccc(C(=O)NCc2nnn3c2CNC(=O)C3)c(OC)c1.